The van der Waals surface area contributed by atoms with E-state index in [0.717, 1.165) is 89.9 Å². The first-order valence-corrected chi connectivity index (χ1v) is 30.1. The van der Waals surface area contributed by atoms with Crippen LogP contribution in [-0.2, 0) is 28.6 Å². The minimum absolute atomic E-state index is 0.0809. The monoisotopic (exact) mass is 967 g/mol. The molecule has 0 spiro atoms. The van der Waals surface area contributed by atoms with Gasteiger partial charge < -0.3 is 14.2 Å². The summed E-state index contributed by atoms with van der Waals surface area (Å²) in [5.41, 5.74) is 0. The molecule has 0 fully saturated rings. The van der Waals surface area contributed by atoms with Gasteiger partial charge in [0.2, 0.25) is 0 Å². The molecule has 0 aliphatic carbocycles. The molecular weight excluding hydrogens is 853 g/mol. The van der Waals surface area contributed by atoms with Crippen molar-refractivity contribution in [2.24, 2.45) is 0 Å². The van der Waals surface area contributed by atoms with Gasteiger partial charge in [-0.1, -0.05) is 243 Å². The Balaban J connectivity index is 4.35. The lowest BCUT2D eigenvalue weighted by atomic mass is 10.1. The fourth-order valence-corrected chi connectivity index (χ4v) is 8.70. The molecule has 1 atom stereocenters. The minimum Gasteiger partial charge on any atom is -0.462 e. The number of rotatable bonds is 55. The highest BCUT2D eigenvalue weighted by atomic mass is 16.6. The van der Waals surface area contributed by atoms with Crippen LogP contribution in [0.5, 0.6) is 0 Å². The number of allylic oxidation sites excluding steroid dienone is 8. The fourth-order valence-electron chi connectivity index (χ4n) is 8.70. The van der Waals surface area contributed by atoms with Crippen LogP contribution in [0.25, 0.3) is 0 Å². The summed E-state index contributed by atoms with van der Waals surface area (Å²) in [6.45, 7) is 6.62. The van der Waals surface area contributed by atoms with E-state index >= 15 is 0 Å². The maximum Gasteiger partial charge on any atom is 0.306 e. The van der Waals surface area contributed by atoms with Gasteiger partial charge in [0.05, 0.1) is 0 Å². The number of ether oxygens (including phenoxy) is 3. The van der Waals surface area contributed by atoms with Gasteiger partial charge in [-0.05, 0) is 103 Å². The Kier molecular flexibility index (Phi) is 55.7. The summed E-state index contributed by atoms with van der Waals surface area (Å²) < 4.78 is 16.9. The Hall–Kier alpha value is -2.63. The molecule has 0 rings (SSSR count). The molecule has 0 aromatic rings. The van der Waals surface area contributed by atoms with Crippen molar-refractivity contribution in [3.63, 3.8) is 0 Å². The molecule has 0 radical (unpaired) electrons. The predicted octanol–water partition coefficient (Wildman–Crippen LogP) is 20.2. The normalized spacial score (nSPS) is 12.3. The first-order chi connectivity index (χ1) is 34.0. The topological polar surface area (TPSA) is 78.9 Å². The summed E-state index contributed by atoms with van der Waals surface area (Å²) in [5, 5.41) is 0. The number of carbonyl (C=O) groups is 3. The van der Waals surface area contributed by atoms with Gasteiger partial charge in [-0.15, -0.1) is 0 Å². The zero-order valence-corrected chi connectivity index (χ0v) is 46.1. The second kappa shape index (κ2) is 57.9. The zero-order valence-electron chi connectivity index (χ0n) is 46.1. The van der Waals surface area contributed by atoms with Crippen molar-refractivity contribution in [2.45, 2.75) is 322 Å². The Labute approximate surface area is 428 Å². The lowest BCUT2D eigenvalue weighted by Crippen LogP contribution is -2.30. The third-order valence-electron chi connectivity index (χ3n) is 13.3. The molecule has 1 unspecified atom stereocenters. The quantitative estimate of drug-likeness (QED) is 0.0262. The van der Waals surface area contributed by atoms with Crippen molar-refractivity contribution >= 4 is 17.9 Å². The zero-order chi connectivity index (χ0) is 50.0. The molecule has 402 valence electrons. The predicted molar refractivity (Wildman–Crippen MR) is 298 cm³/mol. The van der Waals surface area contributed by atoms with Gasteiger partial charge in [-0.3, -0.25) is 14.4 Å². The fraction of sp³-hybridized carbons (Fsp3) is 0.825. The van der Waals surface area contributed by atoms with Crippen molar-refractivity contribution < 1.29 is 28.6 Å². The number of esters is 3. The molecule has 6 heteroatoms. The smallest absolute Gasteiger partial charge is 0.306 e. The second-order valence-electron chi connectivity index (χ2n) is 20.2. The van der Waals surface area contributed by atoms with Crippen molar-refractivity contribution in [3.8, 4) is 0 Å². The SMILES string of the molecule is CCCCC/C=C\C/C=C\CCCCCCCC(=O)OC(COC(=O)CCCCCCC/C=C\CCCCCCCC)COC(=O)CCCCCCCCCCC/C=C\CCCCCCCCCC. The van der Waals surface area contributed by atoms with E-state index in [2.05, 4.69) is 69.4 Å². The Morgan fingerprint density at radius 3 is 0.841 bits per heavy atom. The Morgan fingerprint density at radius 1 is 0.290 bits per heavy atom. The lowest BCUT2D eigenvalue weighted by molar-refractivity contribution is -0.167. The van der Waals surface area contributed by atoms with Gasteiger partial charge in [0.25, 0.3) is 0 Å². The van der Waals surface area contributed by atoms with Crippen molar-refractivity contribution in [1.29, 1.82) is 0 Å². The van der Waals surface area contributed by atoms with Crippen LogP contribution in [-0.4, -0.2) is 37.2 Å². The molecule has 0 aromatic carbocycles. The first kappa shape index (κ1) is 66.4. The third-order valence-corrected chi connectivity index (χ3v) is 13.3. The third kappa shape index (κ3) is 56.2. The van der Waals surface area contributed by atoms with Crippen LogP contribution in [0.15, 0.2) is 48.6 Å². The summed E-state index contributed by atoms with van der Waals surface area (Å²) in [5.74, 6) is -0.891. The van der Waals surface area contributed by atoms with E-state index in [1.165, 1.54) is 186 Å². The second-order valence-corrected chi connectivity index (χ2v) is 20.2. The largest absolute Gasteiger partial charge is 0.462 e. The van der Waals surface area contributed by atoms with E-state index in [0.29, 0.717) is 19.3 Å². The maximum absolute atomic E-state index is 12.9. The van der Waals surface area contributed by atoms with Crippen LogP contribution in [0.2, 0.25) is 0 Å². The van der Waals surface area contributed by atoms with Gasteiger partial charge in [-0.2, -0.15) is 0 Å². The number of carbonyl (C=O) groups excluding carboxylic acids is 3. The molecule has 0 amide bonds. The molecule has 0 bridgehead atoms. The lowest BCUT2D eigenvalue weighted by Gasteiger charge is -2.18. The first-order valence-electron chi connectivity index (χ1n) is 30.1. The van der Waals surface area contributed by atoms with Gasteiger partial charge in [0, 0.05) is 19.3 Å². The molecular formula is C63H114O6. The molecule has 0 heterocycles. The molecule has 0 aliphatic heterocycles. The van der Waals surface area contributed by atoms with Gasteiger partial charge in [0.15, 0.2) is 6.10 Å². The highest BCUT2D eigenvalue weighted by molar-refractivity contribution is 5.71. The van der Waals surface area contributed by atoms with E-state index in [9.17, 15) is 14.4 Å². The minimum atomic E-state index is -0.784. The highest BCUT2D eigenvalue weighted by Gasteiger charge is 2.19. The summed E-state index contributed by atoms with van der Waals surface area (Å²) >= 11 is 0. The number of hydrogen-bond donors (Lipinski definition) is 0. The van der Waals surface area contributed by atoms with E-state index in [1.807, 2.05) is 0 Å². The van der Waals surface area contributed by atoms with Crippen LogP contribution in [0.1, 0.15) is 316 Å². The van der Waals surface area contributed by atoms with E-state index < -0.39 is 6.10 Å². The average Bonchev–Trinajstić information content (AvgIpc) is 3.35. The summed E-state index contributed by atoms with van der Waals surface area (Å²) in [6.07, 6.45) is 71.0. The van der Waals surface area contributed by atoms with Crippen LogP contribution >= 0.6 is 0 Å². The van der Waals surface area contributed by atoms with Gasteiger partial charge in [-0.25, -0.2) is 0 Å². The summed E-state index contributed by atoms with van der Waals surface area (Å²) in [4.78, 5) is 38.2. The number of hydrogen-bond acceptors (Lipinski definition) is 6. The van der Waals surface area contributed by atoms with E-state index in [1.54, 1.807) is 0 Å². The molecule has 69 heavy (non-hydrogen) atoms. The summed E-state index contributed by atoms with van der Waals surface area (Å²) in [6, 6.07) is 0. The van der Waals surface area contributed by atoms with Crippen LogP contribution in [0.4, 0.5) is 0 Å². The summed E-state index contributed by atoms with van der Waals surface area (Å²) in [7, 11) is 0. The van der Waals surface area contributed by atoms with E-state index in [-0.39, 0.29) is 31.1 Å². The van der Waals surface area contributed by atoms with Crippen molar-refractivity contribution in [3.05, 3.63) is 48.6 Å². The molecule has 0 aromatic heterocycles. The van der Waals surface area contributed by atoms with Crippen molar-refractivity contribution in [1.82, 2.24) is 0 Å². The van der Waals surface area contributed by atoms with Crippen LogP contribution in [0, 0.1) is 0 Å². The van der Waals surface area contributed by atoms with Gasteiger partial charge in [0.1, 0.15) is 13.2 Å². The molecule has 6 nitrogen and oxygen atoms in total. The highest BCUT2D eigenvalue weighted by Crippen LogP contribution is 2.16. The molecule has 0 N–H and O–H groups in total. The van der Waals surface area contributed by atoms with Crippen LogP contribution < -0.4 is 0 Å². The van der Waals surface area contributed by atoms with Crippen LogP contribution in [0.3, 0.4) is 0 Å². The Bertz CT molecular complexity index is 1200. The molecule has 0 saturated carbocycles. The molecule has 0 saturated heterocycles. The van der Waals surface area contributed by atoms with Crippen molar-refractivity contribution in [2.75, 3.05) is 13.2 Å². The standard InChI is InChI=1S/C63H114O6/c1-4-7-10-13-16-19-22-25-28-29-30-31-32-33-36-38-41-44-47-50-53-56-62(65)68-59-60(69-63(66)57-54-51-48-45-42-39-35-27-24-21-18-15-12-9-6-3)58-67-61(64)55-52-49-46-43-40-37-34-26-23-20-17-14-11-8-5-2/h18,21,26-27,29-30,34-35,60H,4-17,19-20,22-25,28,31-33,36-59H2,1-3H3/b21-18-,30-29-,34-26-,35-27-. The maximum atomic E-state index is 12.9. The number of unbranched alkanes of at least 4 members (excludes halogenated alkanes) is 36. The van der Waals surface area contributed by atoms with E-state index in [4.69, 9.17) is 14.2 Å². The Morgan fingerprint density at radius 2 is 0.522 bits per heavy atom. The average molecular weight is 968 g/mol. The molecule has 0 aliphatic rings. The van der Waals surface area contributed by atoms with Gasteiger partial charge >= 0.3 is 17.9 Å².